The summed E-state index contributed by atoms with van der Waals surface area (Å²) in [6.45, 7) is 19.3. The molecule has 2 fully saturated rings. The van der Waals surface area contributed by atoms with E-state index in [2.05, 4.69) is 51.3 Å². The minimum absolute atomic E-state index is 0.366. The molecule has 2 aliphatic rings. The number of rotatable bonds is 1. The van der Waals surface area contributed by atoms with Crippen molar-refractivity contribution in [2.24, 2.45) is 11.3 Å². The van der Waals surface area contributed by atoms with E-state index in [0.717, 1.165) is 12.0 Å². The number of nitrogens with zero attached hydrogens (tertiary/aromatic N) is 2. The summed E-state index contributed by atoms with van der Waals surface area (Å²) in [5.41, 5.74) is 0.870. The summed E-state index contributed by atoms with van der Waals surface area (Å²) in [5.74, 6) is 0.913. The zero-order valence-electron chi connectivity index (χ0n) is 11.9. The van der Waals surface area contributed by atoms with Crippen LogP contribution in [0.3, 0.4) is 0 Å². The molecule has 0 saturated carbocycles. The Labute approximate surface area is 101 Å². The SMILES string of the molecule is CC(C)(C)C1CN(C2CN(C(C)(C)C)C2)C1. The molecule has 2 rings (SSSR count). The van der Waals surface area contributed by atoms with Crippen molar-refractivity contribution in [2.75, 3.05) is 26.2 Å². The molecule has 2 aliphatic heterocycles. The van der Waals surface area contributed by atoms with Crippen molar-refractivity contribution in [3.05, 3.63) is 0 Å². The van der Waals surface area contributed by atoms with E-state index in [1.165, 1.54) is 26.2 Å². The van der Waals surface area contributed by atoms with Crippen LogP contribution in [0.5, 0.6) is 0 Å². The van der Waals surface area contributed by atoms with Gasteiger partial charge in [0.1, 0.15) is 0 Å². The van der Waals surface area contributed by atoms with Crippen molar-refractivity contribution in [1.82, 2.24) is 9.80 Å². The molecule has 0 unspecified atom stereocenters. The summed E-state index contributed by atoms with van der Waals surface area (Å²) >= 11 is 0. The van der Waals surface area contributed by atoms with Gasteiger partial charge in [-0.2, -0.15) is 0 Å². The summed E-state index contributed by atoms with van der Waals surface area (Å²) in [5, 5.41) is 0. The summed E-state index contributed by atoms with van der Waals surface area (Å²) in [6.07, 6.45) is 0. The highest BCUT2D eigenvalue weighted by molar-refractivity contribution is 4.99. The first kappa shape index (κ1) is 12.4. The zero-order valence-corrected chi connectivity index (χ0v) is 11.9. The zero-order chi connectivity index (χ0) is 12.1. The number of hydrogen-bond donors (Lipinski definition) is 0. The molecule has 0 radical (unpaired) electrons. The molecule has 0 N–H and O–H groups in total. The van der Waals surface area contributed by atoms with E-state index in [4.69, 9.17) is 0 Å². The smallest absolute Gasteiger partial charge is 0.0351 e. The van der Waals surface area contributed by atoms with Crippen LogP contribution in [0.15, 0.2) is 0 Å². The van der Waals surface area contributed by atoms with Crippen LogP contribution >= 0.6 is 0 Å². The van der Waals surface area contributed by atoms with Gasteiger partial charge in [-0.05, 0) is 32.1 Å². The molecule has 0 aromatic carbocycles. The standard InChI is InChI=1S/C14H28N2/c1-13(2,3)11-7-15(8-11)12-9-16(10-12)14(4,5)6/h11-12H,7-10H2,1-6H3. The highest BCUT2D eigenvalue weighted by atomic mass is 15.4. The van der Waals surface area contributed by atoms with Gasteiger partial charge in [-0.1, -0.05) is 20.8 Å². The molecule has 0 spiro atoms. The Morgan fingerprint density at radius 3 is 1.69 bits per heavy atom. The van der Waals surface area contributed by atoms with Crippen LogP contribution in [-0.4, -0.2) is 47.6 Å². The number of hydrogen-bond acceptors (Lipinski definition) is 2. The molecule has 0 aromatic heterocycles. The summed E-state index contributed by atoms with van der Waals surface area (Å²) < 4.78 is 0. The lowest BCUT2D eigenvalue weighted by Gasteiger charge is -2.57. The lowest BCUT2D eigenvalue weighted by Crippen LogP contribution is -2.69. The van der Waals surface area contributed by atoms with Crippen molar-refractivity contribution in [2.45, 2.75) is 53.1 Å². The van der Waals surface area contributed by atoms with Crippen LogP contribution < -0.4 is 0 Å². The van der Waals surface area contributed by atoms with E-state index in [-0.39, 0.29) is 0 Å². The van der Waals surface area contributed by atoms with Crippen LogP contribution in [-0.2, 0) is 0 Å². The van der Waals surface area contributed by atoms with E-state index >= 15 is 0 Å². The van der Waals surface area contributed by atoms with Crippen LogP contribution in [0.25, 0.3) is 0 Å². The van der Waals surface area contributed by atoms with E-state index in [0.29, 0.717) is 11.0 Å². The van der Waals surface area contributed by atoms with E-state index in [1.807, 2.05) is 0 Å². The van der Waals surface area contributed by atoms with Crippen molar-refractivity contribution >= 4 is 0 Å². The highest BCUT2D eigenvalue weighted by Gasteiger charge is 2.44. The summed E-state index contributed by atoms with van der Waals surface area (Å²) in [6, 6.07) is 0.845. The topological polar surface area (TPSA) is 6.48 Å². The van der Waals surface area contributed by atoms with Gasteiger partial charge in [-0.25, -0.2) is 0 Å². The molecule has 2 heteroatoms. The fraction of sp³-hybridized carbons (Fsp3) is 1.00. The predicted octanol–water partition coefficient (Wildman–Crippen LogP) is 2.45. The first-order valence-corrected chi connectivity index (χ1v) is 6.67. The molecule has 2 heterocycles. The Balaban J connectivity index is 1.72. The third kappa shape index (κ3) is 2.28. The molecule has 2 saturated heterocycles. The predicted molar refractivity (Wildman–Crippen MR) is 69.6 cm³/mol. The molecule has 94 valence electrons. The largest absolute Gasteiger partial charge is 0.297 e. The molecule has 16 heavy (non-hydrogen) atoms. The molecule has 0 amide bonds. The van der Waals surface area contributed by atoms with E-state index in [9.17, 15) is 0 Å². The Morgan fingerprint density at radius 1 is 0.812 bits per heavy atom. The molecule has 0 bridgehead atoms. The fourth-order valence-electron chi connectivity index (χ4n) is 2.59. The maximum atomic E-state index is 2.68. The molecular formula is C14H28N2. The van der Waals surface area contributed by atoms with Crippen molar-refractivity contribution in [1.29, 1.82) is 0 Å². The first-order valence-electron chi connectivity index (χ1n) is 6.67. The average Bonchev–Trinajstić information content (AvgIpc) is 1.83. The van der Waals surface area contributed by atoms with Crippen LogP contribution in [0.4, 0.5) is 0 Å². The van der Waals surface area contributed by atoms with Crippen LogP contribution in [0.1, 0.15) is 41.5 Å². The minimum atomic E-state index is 0.366. The lowest BCUT2D eigenvalue weighted by molar-refractivity contribution is -0.0852. The Hall–Kier alpha value is -0.0800. The average molecular weight is 224 g/mol. The second-order valence-electron chi connectivity index (χ2n) is 7.75. The Morgan fingerprint density at radius 2 is 1.31 bits per heavy atom. The molecule has 0 aliphatic carbocycles. The maximum absolute atomic E-state index is 2.68. The van der Waals surface area contributed by atoms with Gasteiger partial charge in [0.2, 0.25) is 0 Å². The maximum Gasteiger partial charge on any atom is 0.0351 e. The molecule has 0 aromatic rings. The van der Waals surface area contributed by atoms with Gasteiger partial charge < -0.3 is 0 Å². The van der Waals surface area contributed by atoms with Gasteiger partial charge in [0.25, 0.3) is 0 Å². The molecule has 2 nitrogen and oxygen atoms in total. The monoisotopic (exact) mass is 224 g/mol. The Kier molecular flexibility index (Phi) is 2.87. The first-order chi connectivity index (χ1) is 7.18. The second-order valence-corrected chi connectivity index (χ2v) is 7.75. The third-order valence-electron chi connectivity index (χ3n) is 4.46. The van der Waals surface area contributed by atoms with Crippen molar-refractivity contribution in [3.8, 4) is 0 Å². The van der Waals surface area contributed by atoms with Gasteiger partial charge in [0.05, 0.1) is 0 Å². The quantitative estimate of drug-likeness (QED) is 0.675. The lowest BCUT2D eigenvalue weighted by atomic mass is 9.75. The van der Waals surface area contributed by atoms with Crippen molar-refractivity contribution in [3.63, 3.8) is 0 Å². The third-order valence-corrected chi connectivity index (χ3v) is 4.46. The second kappa shape index (κ2) is 3.71. The Bertz CT molecular complexity index is 219. The normalized spacial score (nSPS) is 26.6. The van der Waals surface area contributed by atoms with Gasteiger partial charge in [0.15, 0.2) is 0 Å². The van der Waals surface area contributed by atoms with Crippen LogP contribution in [0.2, 0.25) is 0 Å². The minimum Gasteiger partial charge on any atom is -0.297 e. The van der Waals surface area contributed by atoms with Gasteiger partial charge >= 0.3 is 0 Å². The van der Waals surface area contributed by atoms with E-state index in [1.54, 1.807) is 0 Å². The van der Waals surface area contributed by atoms with E-state index < -0.39 is 0 Å². The summed E-state index contributed by atoms with van der Waals surface area (Å²) in [7, 11) is 0. The van der Waals surface area contributed by atoms with Crippen molar-refractivity contribution < 1.29 is 0 Å². The number of likely N-dealkylation sites (tertiary alicyclic amines) is 2. The van der Waals surface area contributed by atoms with Gasteiger partial charge in [-0.15, -0.1) is 0 Å². The van der Waals surface area contributed by atoms with Gasteiger partial charge in [0, 0.05) is 37.8 Å². The van der Waals surface area contributed by atoms with Crippen LogP contribution in [0, 0.1) is 11.3 Å². The summed E-state index contributed by atoms with van der Waals surface area (Å²) in [4.78, 5) is 5.26. The highest BCUT2D eigenvalue weighted by Crippen LogP contribution is 2.37. The molecular weight excluding hydrogens is 196 g/mol. The van der Waals surface area contributed by atoms with Gasteiger partial charge in [-0.3, -0.25) is 9.80 Å². The fourth-order valence-corrected chi connectivity index (χ4v) is 2.59. The molecule has 0 atom stereocenters.